The summed E-state index contributed by atoms with van der Waals surface area (Å²) in [6, 6.07) is 0. The molecule has 1 rings (SSSR count). The molecule has 0 aliphatic heterocycles. The van der Waals surface area contributed by atoms with Gasteiger partial charge in [0.05, 0.1) is 0 Å². The molecule has 0 aliphatic rings. The molecule has 0 aromatic carbocycles. The average molecular weight is 143 g/mol. The van der Waals surface area contributed by atoms with Crippen LogP contribution in [0.25, 0.3) is 0 Å². The zero-order valence-electron chi connectivity index (χ0n) is 4.33. The summed E-state index contributed by atoms with van der Waals surface area (Å²) in [5, 5.41) is 11.5. The SMILES string of the molecule is O=C(N[O-])c1nccs1. The predicted molar refractivity (Wildman–Crippen MR) is 32.9 cm³/mol. The fourth-order valence-corrected chi connectivity index (χ4v) is 0.900. The van der Waals surface area contributed by atoms with Crippen LogP contribution in [0.3, 0.4) is 0 Å². The Balaban J connectivity index is 2.77. The van der Waals surface area contributed by atoms with Crippen LogP contribution in [-0.4, -0.2) is 10.9 Å². The van der Waals surface area contributed by atoms with Crippen molar-refractivity contribution in [1.29, 1.82) is 0 Å². The minimum Gasteiger partial charge on any atom is -0.759 e. The third-order valence-electron chi connectivity index (χ3n) is 0.719. The molecule has 0 saturated heterocycles. The van der Waals surface area contributed by atoms with E-state index in [1.165, 1.54) is 11.7 Å². The molecular weight excluding hydrogens is 140 g/mol. The van der Waals surface area contributed by atoms with Gasteiger partial charge in [-0.15, -0.1) is 11.3 Å². The first-order valence-electron chi connectivity index (χ1n) is 2.16. The van der Waals surface area contributed by atoms with Crippen LogP contribution in [0, 0.1) is 5.21 Å². The maximum absolute atomic E-state index is 10.4. The summed E-state index contributed by atoms with van der Waals surface area (Å²) in [6.07, 6.45) is 1.47. The van der Waals surface area contributed by atoms with Crippen LogP contribution in [0.1, 0.15) is 9.80 Å². The van der Waals surface area contributed by atoms with Gasteiger partial charge in [0.25, 0.3) is 5.91 Å². The van der Waals surface area contributed by atoms with E-state index in [4.69, 9.17) is 0 Å². The highest BCUT2D eigenvalue weighted by Crippen LogP contribution is 2.01. The van der Waals surface area contributed by atoms with E-state index in [1.807, 2.05) is 0 Å². The molecule has 5 heteroatoms. The van der Waals surface area contributed by atoms with Crippen molar-refractivity contribution in [3.8, 4) is 0 Å². The lowest BCUT2D eigenvalue weighted by atomic mass is 10.7. The topological polar surface area (TPSA) is 65.0 Å². The molecule has 1 amide bonds. The minimum absolute atomic E-state index is 0.199. The molecule has 4 nitrogen and oxygen atoms in total. The van der Waals surface area contributed by atoms with Crippen molar-refractivity contribution < 1.29 is 4.79 Å². The summed E-state index contributed by atoms with van der Waals surface area (Å²) in [5.74, 6) is -0.676. The quantitative estimate of drug-likeness (QED) is 0.577. The summed E-state index contributed by atoms with van der Waals surface area (Å²) in [7, 11) is 0. The summed E-state index contributed by atoms with van der Waals surface area (Å²) >= 11 is 1.13. The highest BCUT2D eigenvalue weighted by molar-refractivity contribution is 7.11. The number of hydrogen-bond acceptors (Lipinski definition) is 4. The Hall–Kier alpha value is -0.940. The molecule has 0 spiro atoms. The first-order chi connectivity index (χ1) is 4.34. The van der Waals surface area contributed by atoms with Gasteiger partial charge in [0.15, 0.2) is 5.01 Å². The van der Waals surface area contributed by atoms with Gasteiger partial charge < -0.3 is 10.7 Å². The molecule has 0 unspecified atom stereocenters. The van der Waals surface area contributed by atoms with Gasteiger partial charge in [-0.25, -0.2) is 4.98 Å². The highest BCUT2D eigenvalue weighted by Gasteiger charge is 2.00. The lowest BCUT2D eigenvalue weighted by molar-refractivity contribution is 0.0970. The molecule has 9 heavy (non-hydrogen) atoms. The van der Waals surface area contributed by atoms with Gasteiger partial charge in [-0.2, -0.15) is 0 Å². The normalized spacial score (nSPS) is 9.00. The molecule has 0 radical (unpaired) electrons. The second kappa shape index (κ2) is 2.56. The number of nitrogens with one attached hydrogen (secondary N) is 1. The average Bonchev–Trinajstić information content (AvgIpc) is 2.37. The highest BCUT2D eigenvalue weighted by atomic mass is 32.1. The maximum atomic E-state index is 10.4. The van der Waals surface area contributed by atoms with Crippen LogP contribution < -0.4 is 5.48 Å². The van der Waals surface area contributed by atoms with Gasteiger partial charge in [-0.05, 0) is 0 Å². The van der Waals surface area contributed by atoms with E-state index in [0.29, 0.717) is 0 Å². The molecule has 0 fully saturated rings. The van der Waals surface area contributed by atoms with E-state index < -0.39 is 5.91 Å². The van der Waals surface area contributed by atoms with E-state index in [1.54, 1.807) is 5.38 Å². The van der Waals surface area contributed by atoms with Crippen LogP contribution in [0.4, 0.5) is 0 Å². The smallest absolute Gasteiger partial charge is 0.269 e. The number of carbonyl (C=O) groups is 1. The van der Waals surface area contributed by atoms with Crippen molar-refractivity contribution in [1.82, 2.24) is 10.5 Å². The Morgan fingerprint density at radius 3 is 3.11 bits per heavy atom. The Morgan fingerprint density at radius 2 is 2.67 bits per heavy atom. The van der Waals surface area contributed by atoms with Crippen LogP contribution in [0.2, 0.25) is 0 Å². The lowest BCUT2D eigenvalue weighted by Gasteiger charge is -2.01. The van der Waals surface area contributed by atoms with Crippen molar-refractivity contribution in [2.45, 2.75) is 0 Å². The molecule has 0 aliphatic carbocycles. The Morgan fingerprint density at radius 1 is 1.89 bits per heavy atom. The van der Waals surface area contributed by atoms with Crippen molar-refractivity contribution in [2.24, 2.45) is 0 Å². The van der Waals surface area contributed by atoms with Gasteiger partial charge in [0.2, 0.25) is 0 Å². The lowest BCUT2D eigenvalue weighted by Crippen LogP contribution is -2.15. The van der Waals surface area contributed by atoms with E-state index >= 15 is 0 Å². The van der Waals surface area contributed by atoms with Crippen molar-refractivity contribution >= 4 is 17.2 Å². The van der Waals surface area contributed by atoms with Gasteiger partial charge in [-0.3, -0.25) is 4.79 Å². The van der Waals surface area contributed by atoms with Crippen molar-refractivity contribution in [3.63, 3.8) is 0 Å². The monoisotopic (exact) mass is 143 g/mol. The summed E-state index contributed by atoms with van der Waals surface area (Å²) in [4.78, 5) is 14.0. The van der Waals surface area contributed by atoms with Crippen LogP contribution in [-0.2, 0) is 0 Å². The second-order valence-electron chi connectivity index (χ2n) is 1.27. The Bertz CT molecular complexity index is 196. The number of rotatable bonds is 1. The molecule has 48 valence electrons. The molecule has 0 saturated carbocycles. The second-order valence-corrected chi connectivity index (χ2v) is 2.16. The van der Waals surface area contributed by atoms with E-state index in [0.717, 1.165) is 11.3 Å². The van der Waals surface area contributed by atoms with E-state index in [9.17, 15) is 10.0 Å². The van der Waals surface area contributed by atoms with Gasteiger partial charge in [0, 0.05) is 11.6 Å². The van der Waals surface area contributed by atoms with Gasteiger partial charge >= 0.3 is 0 Å². The fourth-order valence-electron chi connectivity index (χ4n) is 0.379. The number of thiazole rings is 1. The van der Waals surface area contributed by atoms with Crippen LogP contribution in [0.15, 0.2) is 11.6 Å². The summed E-state index contributed by atoms with van der Waals surface area (Å²) < 4.78 is 0. The van der Waals surface area contributed by atoms with Crippen molar-refractivity contribution in [3.05, 3.63) is 21.8 Å². The number of hydrogen-bond donors (Lipinski definition) is 1. The number of amides is 1. The number of carbonyl (C=O) groups excluding carboxylic acids is 1. The molecule has 1 heterocycles. The summed E-state index contributed by atoms with van der Waals surface area (Å²) in [5.41, 5.74) is 1.23. The third-order valence-corrected chi connectivity index (χ3v) is 1.49. The fraction of sp³-hybridized carbons (Fsp3) is 0. The first-order valence-corrected chi connectivity index (χ1v) is 3.04. The number of nitrogens with zero attached hydrogens (tertiary/aromatic N) is 1. The summed E-state index contributed by atoms with van der Waals surface area (Å²) in [6.45, 7) is 0. The molecule has 0 bridgehead atoms. The zero-order valence-corrected chi connectivity index (χ0v) is 5.14. The minimum atomic E-state index is -0.676. The largest absolute Gasteiger partial charge is 0.759 e. The molecule has 1 aromatic rings. The molecular formula is C4H3N2O2S-. The standard InChI is InChI=1S/C4H3N2O2S/c7-3(6-8)4-5-1-2-9-4/h1-2H,(H-,5,6,7,8)/q-1. The molecule has 1 N–H and O–H groups in total. The molecule has 1 aromatic heterocycles. The van der Waals surface area contributed by atoms with E-state index in [2.05, 4.69) is 4.98 Å². The zero-order chi connectivity index (χ0) is 6.69. The predicted octanol–water partition coefficient (Wildman–Crippen LogP) is 0.371. The van der Waals surface area contributed by atoms with Crippen LogP contribution in [0.5, 0.6) is 0 Å². The third kappa shape index (κ3) is 1.24. The Kier molecular flexibility index (Phi) is 1.76. The van der Waals surface area contributed by atoms with E-state index in [-0.39, 0.29) is 5.01 Å². The number of aromatic nitrogens is 1. The maximum Gasteiger partial charge on any atom is 0.269 e. The first kappa shape index (κ1) is 6.18. The van der Waals surface area contributed by atoms with Crippen molar-refractivity contribution in [2.75, 3.05) is 0 Å². The number of hydroxylamine groups is 1. The van der Waals surface area contributed by atoms with Gasteiger partial charge in [-0.1, -0.05) is 0 Å². The van der Waals surface area contributed by atoms with Crippen LogP contribution >= 0.6 is 11.3 Å². The molecule has 0 atom stereocenters. The Labute approximate surface area is 55.1 Å². The van der Waals surface area contributed by atoms with Gasteiger partial charge in [0.1, 0.15) is 0 Å².